The van der Waals surface area contributed by atoms with E-state index in [1.54, 1.807) is 12.1 Å². The van der Waals surface area contributed by atoms with Crippen molar-refractivity contribution in [2.75, 3.05) is 11.1 Å². The number of anilines is 1. The van der Waals surface area contributed by atoms with Crippen molar-refractivity contribution in [3.8, 4) is 11.3 Å². The molecule has 0 spiro atoms. The first-order chi connectivity index (χ1) is 12.5. The number of carbonyl (C=O) groups excluding carboxylic acids is 1. The monoisotopic (exact) mass is 386 g/mol. The second-order valence-corrected chi connectivity index (χ2v) is 7.98. The number of thioether (sulfide) groups is 1. The van der Waals surface area contributed by atoms with Gasteiger partial charge in [0.05, 0.1) is 5.69 Å². The van der Waals surface area contributed by atoms with Crippen molar-refractivity contribution < 1.29 is 9.18 Å². The smallest absolute Gasteiger partial charge is 0.226 e. The first kappa shape index (κ1) is 18.6. The minimum absolute atomic E-state index is 0.0681. The number of nitrogens with zero attached hydrogens (tertiary/aromatic N) is 1. The molecule has 1 amide bonds. The molecule has 3 nitrogen and oxygen atoms in total. The van der Waals surface area contributed by atoms with E-state index in [0.29, 0.717) is 17.3 Å². The summed E-state index contributed by atoms with van der Waals surface area (Å²) < 4.78 is 12.9. The van der Waals surface area contributed by atoms with Crippen molar-refractivity contribution in [3.63, 3.8) is 0 Å². The Bertz CT molecular complexity index is 906. The van der Waals surface area contributed by atoms with E-state index >= 15 is 0 Å². The Morgan fingerprint density at radius 3 is 2.73 bits per heavy atom. The molecule has 1 aromatic heterocycles. The number of hydrogen-bond donors (Lipinski definition) is 1. The van der Waals surface area contributed by atoms with E-state index in [2.05, 4.69) is 42.3 Å². The molecule has 0 aliphatic heterocycles. The molecule has 0 unspecified atom stereocenters. The highest BCUT2D eigenvalue weighted by Crippen LogP contribution is 2.28. The van der Waals surface area contributed by atoms with Crippen LogP contribution in [0.2, 0.25) is 0 Å². The summed E-state index contributed by atoms with van der Waals surface area (Å²) in [5, 5.41) is 5.43. The molecule has 0 aliphatic carbocycles. The molecule has 2 aromatic carbocycles. The van der Waals surface area contributed by atoms with Crippen LogP contribution in [0.4, 0.5) is 9.52 Å². The van der Waals surface area contributed by atoms with Crippen molar-refractivity contribution >= 4 is 34.1 Å². The molecular formula is C20H19FN2OS2. The summed E-state index contributed by atoms with van der Waals surface area (Å²) in [5.41, 5.74) is 4.32. The third kappa shape index (κ3) is 4.93. The summed E-state index contributed by atoms with van der Waals surface area (Å²) in [6.45, 7) is 4.11. The highest BCUT2D eigenvalue weighted by atomic mass is 32.2. The molecule has 0 aliphatic rings. The van der Waals surface area contributed by atoms with Crippen LogP contribution in [0.1, 0.15) is 17.5 Å². The van der Waals surface area contributed by atoms with Crippen molar-refractivity contribution in [1.29, 1.82) is 0 Å². The van der Waals surface area contributed by atoms with Crippen LogP contribution in [-0.2, 0) is 4.79 Å². The summed E-state index contributed by atoms with van der Waals surface area (Å²) in [7, 11) is 0. The fraction of sp³-hybridized carbons (Fsp3) is 0.200. The van der Waals surface area contributed by atoms with E-state index in [-0.39, 0.29) is 11.7 Å². The predicted molar refractivity (Wildman–Crippen MR) is 107 cm³/mol. The molecule has 134 valence electrons. The largest absolute Gasteiger partial charge is 0.302 e. The molecule has 0 bridgehead atoms. The van der Waals surface area contributed by atoms with Gasteiger partial charge in [-0.1, -0.05) is 17.7 Å². The van der Waals surface area contributed by atoms with Gasteiger partial charge in [-0.15, -0.1) is 23.1 Å². The third-order valence-electron chi connectivity index (χ3n) is 3.83. The van der Waals surface area contributed by atoms with Crippen molar-refractivity contribution in [1.82, 2.24) is 4.98 Å². The zero-order valence-corrected chi connectivity index (χ0v) is 16.2. The summed E-state index contributed by atoms with van der Waals surface area (Å²) in [6, 6.07) is 12.5. The molecule has 0 fully saturated rings. The van der Waals surface area contributed by atoms with Crippen LogP contribution >= 0.6 is 23.1 Å². The zero-order valence-electron chi connectivity index (χ0n) is 14.6. The Labute approximate surface area is 160 Å². The maximum atomic E-state index is 12.9. The van der Waals surface area contributed by atoms with Gasteiger partial charge in [-0.05, 0) is 49.7 Å². The van der Waals surface area contributed by atoms with Crippen LogP contribution in [0, 0.1) is 19.7 Å². The Morgan fingerprint density at radius 1 is 1.19 bits per heavy atom. The van der Waals surface area contributed by atoms with E-state index in [0.717, 1.165) is 21.7 Å². The number of nitrogens with one attached hydrogen (secondary N) is 1. The number of hydrogen-bond acceptors (Lipinski definition) is 4. The lowest BCUT2D eigenvalue weighted by molar-refractivity contribution is -0.115. The van der Waals surface area contributed by atoms with Crippen LogP contribution in [0.15, 0.2) is 52.7 Å². The van der Waals surface area contributed by atoms with Gasteiger partial charge in [-0.3, -0.25) is 4.79 Å². The predicted octanol–water partition coefficient (Wildman–Crippen LogP) is 5.69. The lowest BCUT2D eigenvalue weighted by Gasteiger charge is -2.04. The second-order valence-electron chi connectivity index (χ2n) is 5.96. The average molecular weight is 387 g/mol. The minimum atomic E-state index is -0.254. The van der Waals surface area contributed by atoms with Crippen molar-refractivity contribution in [2.24, 2.45) is 0 Å². The van der Waals surface area contributed by atoms with Crippen LogP contribution in [0.3, 0.4) is 0 Å². The van der Waals surface area contributed by atoms with Crippen molar-refractivity contribution in [2.45, 2.75) is 25.2 Å². The number of aryl methyl sites for hydroxylation is 2. The summed E-state index contributed by atoms with van der Waals surface area (Å²) in [4.78, 5) is 17.6. The Morgan fingerprint density at radius 2 is 1.96 bits per heavy atom. The minimum Gasteiger partial charge on any atom is -0.302 e. The van der Waals surface area contributed by atoms with Crippen LogP contribution < -0.4 is 5.32 Å². The molecule has 0 saturated heterocycles. The molecule has 1 N–H and O–H groups in total. The molecule has 0 radical (unpaired) electrons. The number of benzene rings is 2. The molecular weight excluding hydrogens is 367 g/mol. The molecule has 3 rings (SSSR count). The second kappa shape index (κ2) is 8.47. The van der Waals surface area contributed by atoms with Crippen LogP contribution in [-0.4, -0.2) is 16.6 Å². The van der Waals surface area contributed by atoms with Gasteiger partial charge in [0.1, 0.15) is 5.82 Å². The molecule has 26 heavy (non-hydrogen) atoms. The summed E-state index contributed by atoms with van der Waals surface area (Å²) in [6.07, 6.45) is 0.375. The number of rotatable bonds is 6. The maximum Gasteiger partial charge on any atom is 0.226 e. The SMILES string of the molecule is Cc1ccc(C)c(-c2csc(NC(=O)CCSc3ccc(F)cc3)n2)c1. The molecule has 6 heteroatoms. The van der Waals surface area contributed by atoms with E-state index in [4.69, 9.17) is 0 Å². The van der Waals surface area contributed by atoms with Gasteiger partial charge >= 0.3 is 0 Å². The maximum absolute atomic E-state index is 12.9. The normalized spacial score (nSPS) is 10.7. The van der Waals surface area contributed by atoms with Crippen LogP contribution in [0.5, 0.6) is 0 Å². The first-order valence-corrected chi connectivity index (χ1v) is 10.1. The Hall–Kier alpha value is -2.18. The van der Waals surface area contributed by atoms with Gasteiger partial charge in [0.15, 0.2) is 5.13 Å². The van der Waals surface area contributed by atoms with Crippen molar-refractivity contribution in [3.05, 3.63) is 64.8 Å². The van der Waals surface area contributed by atoms with Gasteiger partial charge in [0, 0.05) is 28.0 Å². The fourth-order valence-corrected chi connectivity index (χ4v) is 4.02. The molecule has 1 heterocycles. The first-order valence-electron chi connectivity index (χ1n) is 8.22. The van der Waals surface area contributed by atoms with Gasteiger partial charge in [-0.25, -0.2) is 9.37 Å². The standard InChI is InChI=1S/C20H19FN2OS2/c1-13-3-4-14(2)17(11-13)18-12-26-20(22-18)23-19(24)9-10-25-16-7-5-15(21)6-8-16/h3-8,11-12H,9-10H2,1-2H3,(H,22,23,24). The van der Waals surface area contributed by atoms with Gasteiger partial charge in [-0.2, -0.15) is 0 Å². The quantitative estimate of drug-likeness (QED) is 0.554. The highest BCUT2D eigenvalue weighted by molar-refractivity contribution is 7.99. The van der Waals surface area contributed by atoms with Gasteiger partial charge in [0.2, 0.25) is 5.91 Å². The lowest BCUT2D eigenvalue weighted by atomic mass is 10.0. The van der Waals surface area contributed by atoms with E-state index < -0.39 is 0 Å². The van der Waals surface area contributed by atoms with E-state index in [1.165, 1.54) is 40.8 Å². The topological polar surface area (TPSA) is 42.0 Å². The molecule has 0 atom stereocenters. The average Bonchev–Trinajstić information content (AvgIpc) is 3.07. The Kier molecular flexibility index (Phi) is 6.06. The van der Waals surface area contributed by atoms with Gasteiger partial charge in [0.25, 0.3) is 0 Å². The number of halogens is 1. The summed E-state index contributed by atoms with van der Waals surface area (Å²) in [5.74, 6) is 0.309. The molecule has 3 aromatic rings. The van der Waals surface area contributed by atoms with E-state index in [9.17, 15) is 9.18 Å². The number of thiazole rings is 1. The molecule has 0 saturated carbocycles. The highest BCUT2D eigenvalue weighted by Gasteiger charge is 2.10. The lowest BCUT2D eigenvalue weighted by Crippen LogP contribution is -2.11. The summed E-state index contributed by atoms with van der Waals surface area (Å²) >= 11 is 2.96. The number of aromatic nitrogens is 1. The Balaban J connectivity index is 1.54. The number of amides is 1. The fourth-order valence-electron chi connectivity index (χ4n) is 2.44. The zero-order chi connectivity index (χ0) is 18.5. The third-order valence-corrected chi connectivity index (χ3v) is 5.60. The van der Waals surface area contributed by atoms with Gasteiger partial charge < -0.3 is 5.32 Å². The van der Waals surface area contributed by atoms with Crippen LogP contribution in [0.25, 0.3) is 11.3 Å². The van der Waals surface area contributed by atoms with E-state index in [1.807, 2.05) is 5.38 Å². The number of carbonyl (C=O) groups is 1.